The van der Waals surface area contributed by atoms with E-state index in [1.807, 2.05) is 0 Å². The van der Waals surface area contributed by atoms with Gasteiger partial charge in [0.15, 0.2) is 0 Å². The van der Waals surface area contributed by atoms with E-state index in [1.54, 1.807) is 0 Å². The summed E-state index contributed by atoms with van der Waals surface area (Å²) >= 11 is 0. The van der Waals surface area contributed by atoms with Gasteiger partial charge in [-0.3, -0.25) is 19.7 Å². The molecule has 1 saturated heterocycles. The van der Waals surface area contributed by atoms with Crippen LogP contribution in [-0.4, -0.2) is 17.6 Å². The van der Waals surface area contributed by atoms with Crippen molar-refractivity contribution in [3.8, 4) is 0 Å². The first-order valence-electron chi connectivity index (χ1n) is 5.01. The first-order chi connectivity index (χ1) is 6.65. The number of amides is 2. The molecule has 0 aromatic carbocycles. The predicted octanol–water partition coefficient (Wildman–Crippen LogP) is 0.798. The fourth-order valence-electron chi connectivity index (χ4n) is 1.54. The Kier molecular flexibility index (Phi) is 3.80. The van der Waals surface area contributed by atoms with Crippen LogP contribution in [0.5, 0.6) is 0 Å². The molecule has 78 valence electrons. The normalized spacial score (nSPS) is 21.1. The second-order valence-corrected chi connectivity index (χ2v) is 3.59. The SMILES string of the molecule is CCCCCC(=O)C1CC(=O)NC1=O. The number of hydrogen-bond donors (Lipinski definition) is 1. The molecule has 0 aliphatic carbocycles. The van der Waals surface area contributed by atoms with Crippen molar-refractivity contribution in [2.75, 3.05) is 0 Å². The van der Waals surface area contributed by atoms with Crippen LogP contribution >= 0.6 is 0 Å². The Labute approximate surface area is 83.1 Å². The highest BCUT2D eigenvalue weighted by Crippen LogP contribution is 2.15. The standard InChI is InChI=1S/C10H15NO3/c1-2-3-4-5-8(12)7-6-9(13)11-10(7)14/h7H,2-6H2,1H3,(H,11,13,14). The van der Waals surface area contributed by atoms with Gasteiger partial charge in [-0.05, 0) is 6.42 Å². The molecule has 0 saturated carbocycles. The average Bonchev–Trinajstić information content (AvgIpc) is 2.45. The third kappa shape index (κ3) is 2.65. The van der Waals surface area contributed by atoms with Crippen molar-refractivity contribution in [3.05, 3.63) is 0 Å². The minimum Gasteiger partial charge on any atom is -0.299 e. The highest BCUT2D eigenvalue weighted by atomic mass is 16.2. The molecule has 0 radical (unpaired) electrons. The maximum atomic E-state index is 11.5. The van der Waals surface area contributed by atoms with Crippen molar-refractivity contribution in [2.45, 2.75) is 39.0 Å². The Hall–Kier alpha value is -1.19. The number of carbonyl (C=O) groups is 3. The van der Waals surface area contributed by atoms with Gasteiger partial charge in [-0.2, -0.15) is 0 Å². The maximum absolute atomic E-state index is 11.5. The van der Waals surface area contributed by atoms with Gasteiger partial charge in [-0.25, -0.2) is 0 Å². The van der Waals surface area contributed by atoms with Gasteiger partial charge >= 0.3 is 0 Å². The number of nitrogens with one attached hydrogen (secondary N) is 1. The molecule has 1 aliphatic rings. The summed E-state index contributed by atoms with van der Waals surface area (Å²) < 4.78 is 0. The van der Waals surface area contributed by atoms with Crippen molar-refractivity contribution in [3.63, 3.8) is 0 Å². The molecule has 0 bridgehead atoms. The summed E-state index contributed by atoms with van der Waals surface area (Å²) in [6.45, 7) is 2.05. The van der Waals surface area contributed by atoms with E-state index in [4.69, 9.17) is 0 Å². The zero-order chi connectivity index (χ0) is 10.6. The van der Waals surface area contributed by atoms with Crippen LogP contribution in [0.1, 0.15) is 39.0 Å². The van der Waals surface area contributed by atoms with Gasteiger partial charge in [0.2, 0.25) is 11.8 Å². The largest absolute Gasteiger partial charge is 0.299 e. The quantitative estimate of drug-likeness (QED) is 0.403. The Morgan fingerprint density at radius 1 is 1.43 bits per heavy atom. The summed E-state index contributed by atoms with van der Waals surface area (Å²) in [5, 5.41) is 2.14. The van der Waals surface area contributed by atoms with E-state index >= 15 is 0 Å². The number of rotatable bonds is 5. The van der Waals surface area contributed by atoms with E-state index in [2.05, 4.69) is 12.2 Å². The molecule has 0 aromatic rings. The van der Waals surface area contributed by atoms with Gasteiger partial charge < -0.3 is 0 Å². The lowest BCUT2D eigenvalue weighted by atomic mass is 9.98. The van der Waals surface area contributed by atoms with Crippen LogP contribution in [0, 0.1) is 5.92 Å². The van der Waals surface area contributed by atoms with Crippen LogP contribution < -0.4 is 5.32 Å². The molecule has 1 unspecified atom stereocenters. The molecular formula is C10H15NO3. The molecular weight excluding hydrogens is 182 g/mol. The van der Waals surface area contributed by atoms with Crippen molar-refractivity contribution in [1.82, 2.24) is 5.32 Å². The Bertz CT molecular complexity index is 260. The van der Waals surface area contributed by atoms with Crippen molar-refractivity contribution < 1.29 is 14.4 Å². The predicted molar refractivity (Wildman–Crippen MR) is 50.4 cm³/mol. The second kappa shape index (κ2) is 4.88. The van der Waals surface area contributed by atoms with E-state index in [0.717, 1.165) is 19.3 Å². The summed E-state index contributed by atoms with van der Waals surface area (Å²) in [5.74, 6) is -1.55. The fraction of sp³-hybridized carbons (Fsp3) is 0.700. The molecule has 2 amide bonds. The minimum atomic E-state index is -0.709. The number of carbonyl (C=O) groups excluding carboxylic acids is 3. The summed E-state index contributed by atoms with van der Waals surface area (Å²) in [4.78, 5) is 33.4. The van der Waals surface area contributed by atoms with Crippen LogP contribution in [0.25, 0.3) is 0 Å². The highest BCUT2D eigenvalue weighted by Gasteiger charge is 2.35. The summed E-state index contributed by atoms with van der Waals surface area (Å²) in [5.41, 5.74) is 0. The van der Waals surface area contributed by atoms with Crippen LogP contribution in [0.3, 0.4) is 0 Å². The van der Waals surface area contributed by atoms with Gasteiger partial charge in [0, 0.05) is 12.8 Å². The van der Waals surface area contributed by atoms with Crippen molar-refractivity contribution >= 4 is 17.6 Å². The second-order valence-electron chi connectivity index (χ2n) is 3.59. The lowest BCUT2D eigenvalue weighted by Crippen LogP contribution is -2.26. The van der Waals surface area contributed by atoms with Gasteiger partial charge in [-0.15, -0.1) is 0 Å². The topological polar surface area (TPSA) is 63.2 Å². The van der Waals surface area contributed by atoms with Gasteiger partial charge in [0.25, 0.3) is 0 Å². The molecule has 0 aromatic heterocycles. The number of imide groups is 1. The maximum Gasteiger partial charge on any atom is 0.237 e. The Balaban J connectivity index is 2.37. The highest BCUT2D eigenvalue weighted by molar-refractivity contribution is 6.14. The lowest BCUT2D eigenvalue weighted by Gasteiger charge is -2.03. The average molecular weight is 197 g/mol. The van der Waals surface area contributed by atoms with Gasteiger partial charge in [-0.1, -0.05) is 19.8 Å². The van der Waals surface area contributed by atoms with Crippen molar-refractivity contribution in [1.29, 1.82) is 0 Å². The smallest absolute Gasteiger partial charge is 0.237 e. The van der Waals surface area contributed by atoms with Crippen LogP contribution in [0.4, 0.5) is 0 Å². The van der Waals surface area contributed by atoms with Crippen LogP contribution in [-0.2, 0) is 14.4 Å². The van der Waals surface area contributed by atoms with Crippen molar-refractivity contribution in [2.24, 2.45) is 5.92 Å². The zero-order valence-electron chi connectivity index (χ0n) is 8.34. The third-order valence-corrected chi connectivity index (χ3v) is 2.38. The first kappa shape index (κ1) is 10.9. The third-order valence-electron chi connectivity index (χ3n) is 2.38. The van der Waals surface area contributed by atoms with Crippen LogP contribution in [0.15, 0.2) is 0 Å². The van der Waals surface area contributed by atoms with Gasteiger partial charge in [0.05, 0.1) is 0 Å². The molecule has 4 heteroatoms. The van der Waals surface area contributed by atoms with Crippen LogP contribution in [0.2, 0.25) is 0 Å². The number of Topliss-reactive ketones (excluding diaryl/α,β-unsaturated/α-hetero) is 1. The summed E-state index contributed by atoms with van der Waals surface area (Å²) in [6, 6.07) is 0. The summed E-state index contributed by atoms with van der Waals surface area (Å²) in [6.07, 6.45) is 3.31. The zero-order valence-corrected chi connectivity index (χ0v) is 8.34. The first-order valence-corrected chi connectivity index (χ1v) is 5.01. The molecule has 1 N–H and O–H groups in total. The molecule has 1 heterocycles. The molecule has 1 rings (SSSR count). The number of hydrogen-bond acceptors (Lipinski definition) is 3. The van der Waals surface area contributed by atoms with E-state index in [0.29, 0.717) is 6.42 Å². The molecule has 0 spiro atoms. The molecule has 14 heavy (non-hydrogen) atoms. The fourth-order valence-corrected chi connectivity index (χ4v) is 1.54. The minimum absolute atomic E-state index is 0.0454. The monoisotopic (exact) mass is 197 g/mol. The van der Waals surface area contributed by atoms with Gasteiger partial charge in [0.1, 0.15) is 11.7 Å². The Morgan fingerprint density at radius 3 is 2.64 bits per heavy atom. The molecule has 1 aliphatic heterocycles. The molecule has 4 nitrogen and oxygen atoms in total. The van der Waals surface area contributed by atoms with E-state index in [1.165, 1.54) is 0 Å². The number of ketones is 1. The number of unbranched alkanes of at least 4 members (excludes halogenated alkanes) is 2. The van der Waals surface area contributed by atoms with E-state index < -0.39 is 11.8 Å². The molecule has 1 fully saturated rings. The van der Waals surface area contributed by atoms with E-state index in [-0.39, 0.29) is 18.1 Å². The lowest BCUT2D eigenvalue weighted by molar-refractivity contribution is -0.131. The van der Waals surface area contributed by atoms with E-state index in [9.17, 15) is 14.4 Å². The Morgan fingerprint density at radius 2 is 2.14 bits per heavy atom. The molecule has 1 atom stereocenters. The summed E-state index contributed by atoms with van der Waals surface area (Å²) in [7, 11) is 0.